The van der Waals surface area contributed by atoms with E-state index in [1.54, 1.807) is 0 Å². The molecule has 0 aliphatic rings. The van der Waals surface area contributed by atoms with Crippen LogP contribution in [-0.4, -0.2) is 34.3 Å². The van der Waals surface area contributed by atoms with Gasteiger partial charge < -0.3 is 9.47 Å². The molecule has 25 heavy (non-hydrogen) atoms. The molecule has 2 aromatic heterocycles. The van der Waals surface area contributed by atoms with Crippen molar-refractivity contribution < 1.29 is 14.3 Å². The number of fused-ring (bicyclic) bond motifs is 1. The van der Waals surface area contributed by atoms with Gasteiger partial charge in [-0.3, -0.25) is 0 Å². The Labute approximate surface area is 146 Å². The number of esters is 1. The largest absolute Gasteiger partial charge is 0.466 e. The number of carbonyl (C=O) groups is 1. The fourth-order valence-electron chi connectivity index (χ4n) is 2.80. The summed E-state index contributed by atoms with van der Waals surface area (Å²) in [5, 5.41) is 4.56. The van der Waals surface area contributed by atoms with Crippen LogP contribution < -0.4 is 4.74 Å². The molecule has 1 aromatic carbocycles. The van der Waals surface area contributed by atoms with Crippen molar-refractivity contribution >= 4 is 11.5 Å². The highest BCUT2D eigenvalue weighted by Gasteiger charge is 2.17. The van der Waals surface area contributed by atoms with Crippen molar-refractivity contribution in [3.05, 3.63) is 59.0 Å². The van der Waals surface area contributed by atoms with Crippen LogP contribution in [-0.2, 0) is 22.4 Å². The zero-order chi connectivity index (χ0) is 17.8. The molecular formula is C19H21N3O3. The number of hydrogen-bond acceptors (Lipinski definition) is 5. The van der Waals surface area contributed by atoms with Gasteiger partial charge in [-0.1, -0.05) is 37.3 Å². The highest BCUT2D eigenvalue weighted by atomic mass is 16.6. The summed E-state index contributed by atoms with van der Waals surface area (Å²) >= 11 is 0. The number of methoxy groups -OCH3 is 1. The Kier molecular flexibility index (Phi) is 4.97. The van der Waals surface area contributed by atoms with E-state index in [0.717, 1.165) is 24.1 Å². The van der Waals surface area contributed by atoms with Crippen LogP contribution in [0.25, 0.3) is 5.52 Å². The van der Waals surface area contributed by atoms with Crippen LogP contribution in [0.1, 0.15) is 29.6 Å². The molecule has 0 unspecified atom stereocenters. The van der Waals surface area contributed by atoms with Gasteiger partial charge in [0.1, 0.15) is 11.3 Å². The van der Waals surface area contributed by atoms with Crippen molar-refractivity contribution in [1.29, 1.82) is 0 Å². The summed E-state index contributed by atoms with van der Waals surface area (Å²) in [4.78, 5) is 15.7. The molecule has 0 atom stereocenters. The van der Waals surface area contributed by atoms with E-state index in [4.69, 9.17) is 4.74 Å². The second kappa shape index (κ2) is 7.34. The van der Waals surface area contributed by atoms with Crippen LogP contribution in [0.3, 0.4) is 0 Å². The quantitative estimate of drug-likeness (QED) is 0.646. The Balaban J connectivity index is 2.04. The Morgan fingerprint density at radius 3 is 2.68 bits per heavy atom. The lowest BCUT2D eigenvalue weighted by Gasteiger charge is -2.09. The van der Waals surface area contributed by atoms with E-state index in [0.29, 0.717) is 11.7 Å². The molecule has 0 fully saturated rings. The summed E-state index contributed by atoms with van der Waals surface area (Å²) < 4.78 is 12.1. The maximum atomic E-state index is 11.4. The van der Waals surface area contributed by atoms with E-state index in [-0.39, 0.29) is 6.61 Å². The molecular weight excluding hydrogens is 318 g/mol. The molecule has 6 heteroatoms. The summed E-state index contributed by atoms with van der Waals surface area (Å²) in [6.07, 6.45) is 1.64. The average Bonchev–Trinajstić information content (AvgIpc) is 2.98. The molecule has 0 saturated heterocycles. The molecule has 3 aromatic rings. The summed E-state index contributed by atoms with van der Waals surface area (Å²) in [7, 11) is 1.33. The van der Waals surface area contributed by atoms with Crippen LogP contribution >= 0.6 is 0 Å². The lowest BCUT2D eigenvalue weighted by molar-refractivity contribution is -0.143. The third-order valence-electron chi connectivity index (χ3n) is 4.04. The van der Waals surface area contributed by atoms with Crippen LogP contribution in [0.2, 0.25) is 0 Å². The van der Waals surface area contributed by atoms with Crippen LogP contribution in [0.5, 0.6) is 5.88 Å². The van der Waals surface area contributed by atoms with Gasteiger partial charge in [-0.05, 0) is 30.5 Å². The molecule has 0 aliphatic heterocycles. The smallest absolute Gasteiger partial charge is 0.343 e. The molecule has 0 bridgehead atoms. The normalized spacial score (nSPS) is 10.8. The minimum atomic E-state index is -0.443. The summed E-state index contributed by atoms with van der Waals surface area (Å²) in [5.41, 5.74) is 4.27. The first kappa shape index (κ1) is 17.0. The van der Waals surface area contributed by atoms with Crippen LogP contribution in [0.4, 0.5) is 0 Å². The van der Waals surface area contributed by atoms with Crippen LogP contribution in [0.15, 0.2) is 36.4 Å². The Hall–Kier alpha value is -2.89. The lowest BCUT2D eigenvalue weighted by Crippen LogP contribution is -2.14. The number of carbonyl (C=O) groups excluding carboxylic acids is 1. The van der Waals surface area contributed by atoms with Gasteiger partial charge in [0.05, 0.1) is 12.8 Å². The van der Waals surface area contributed by atoms with Crippen LogP contribution in [0, 0.1) is 6.92 Å². The van der Waals surface area contributed by atoms with Gasteiger partial charge in [0.25, 0.3) is 0 Å². The molecule has 0 aliphatic carbocycles. The average molecular weight is 339 g/mol. The Bertz CT molecular complexity index is 888. The summed E-state index contributed by atoms with van der Waals surface area (Å²) in [6, 6.07) is 12.3. The number of aryl methyl sites for hydroxylation is 2. The van der Waals surface area contributed by atoms with Gasteiger partial charge in [0.2, 0.25) is 5.88 Å². The zero-order valence-electron chi connectivity index (χ0n) is 14.7. The maximum absolute atomic E-state index is 11.4. The summed E-state index contributed by atoms with van der Waals surface area (Å²) in [5.74, 6) is 0.535. The first-order valence-corrected chi connectivity index (χ1v) is 8.24. The highest BCUT2D eigenvalue weighted by molar-refractivity contribution is 5.71. The minimum absolute atomic E-state index is 0.177. The number of rotatable bonds is 6. The molecule has 0 N–H and O–H groups in total. The van der Waals surface area contributed by atoms with Crippen molar-refractivity contribution in [1.82, 2.24) is 14.6 Å². The molecule has 2 heterocycles. The number of hydrogen-bond donors (Lipinski definition) is 0. The third kappa shape index (κ3) is 3.63. The first-order valence-electron chi connectivity index (χ1n) is 8.24. The standard InChI is InChI=1S/C19H21N3O3/c1-4-15-11-17-19(25-12-18(23)24-3)20-13(2)21-22(17)16(15)10-14-8-6-5-7-9-14/h5-9,11H,4,10,12H2,1-3H3. The van der Waals surface area contributed by atoms with Gasteiger partial charge in [-0.25, -0.2) is 9.31 Å². The number of benzene rings is 1. The number of nitrogens with zero attached hydrogens (tertiary/aromatic N) is 3. The van der Waals surface area contributed by atoms with E-state index in [1.807, 2.05) is 35.7 Å². The minimum Gasteiger partial charge on any atom is -0.466 e. The van der Waals surface area contributed by atoms with Crippen molar-refractivity contribution in [2.24, 2.45) is 0 Å². The third-order valence-corrected chi connectivity index (χ3v) is 4.04. The van der Waals surface area contributed by atoms with E-state index in [1.165, 1.54) is 18.2 Å². The van der Waals surface area contributed by atoms with E-state index < -0.39 is 5.97 Å². The lowest BCUT2D eigenvalue weighted by atomic mass is 10.1. The highest BCUT2D eigenvalue weighted by Crippen LogP contribution is 2.25. The first-order chi connectivity index (χ1) is 12.1. The van der Waals surface area contributed by atoms with Crippen molar-refractivity contribution in [3.8, 4) is 5.88 Å². The predicted octanol–water partition coefficient (Wildman–Crippen LogP) is 2.74. The zero-order valence-corrected chi connectivity index (χ0v) is 14.7. The predicted molar refractivity (Wildman–Crippen MR) is 93.9 cm³/mol. The van der Waals surface area contributed by atoms with Crippen molar-refractivity contribution in [3.63, 3.8) is 0 Å². The Morgan fingerprint density at radius 1 is 1.24 bits per heavy atom. The monoisotopic (exact) mass is 339 g/mol. The van der Waals surface area contributed by atoms with Crippen molar-refractivity contribution in [2.75, 3.05) is 13.7 Å². The Morgan fingerprint density at radius 2 is 2.00 bits per heavy atom. The molecule has 3 rings (SSSR count). The van der Waals surface area contributed by atoms with Crippen molar-refractivity contribution in [2.45, 2.75) is 26.7 Å². The maximum Gasteiger partial charge on any atom is 0.343 e. The van der Waals surface area contributed by atoms with Gasteiger partial charge in [0, 0.05) is 6.42 Å². The summed E-state index contributed by atoms with van der Waals surface area (Å²) in [6.45, 7) is 3.74. The van der Waals surface area contributed by atoms with Gasteiger partial charge >= 0.3 is 5.97 Å². The molecule has 0 radical (unpaired) electrons. The SMILES string of the molecule is CCc1cc2c(OCC(=O)OC)nc(C)nn2c1Cc1ccccc1. The fourth-order valence-corrected chi connectivity index (χ4v) is 2.80. The van der Waals surface area contributed by atoms with E-state index in [9.17, 15) is 4.79 Å². The molecule has 0 amide bonds. The molecule has 0 saturated carbocycles. The number of aromatic nitrogens is 3. The van der Waals surface area contributed by atoms with E-state index in [2.05, 4.69) is 33.9 Å². The fraction of sp³-hybridized carbons (Fsp3) is 0.316. The van der Waals surface area contributed by atoms with Gasteiger partial charge in [-0.2, -0.15) is 10.1 Å². The van der Waals surface area contributed by atoms with Gasteiger partial charge in [0.15, 0.2) is 6.61 Å². The molecule has 6 nitrogen and oxygen atoms in total. The second-order valence-electron chi connectivity index (χ2n) is 5.76. The van der Waals surface area contributed by atoms with Gasteiger partial charge in [-0.15, -0.1) is 0 Å². The second-order valence-corrected chi connectivity index (χ2v) is 5.76. The molecule has 130 valence electrons. The van der Waals surface area contributed by atoms with E-state index >= 15 is 0 Å². The number of ether oxygens (including phenoxy) is 2. The molecule has 0 spiro atoms. The topological polar surface area (TPSA) is 65.7 Å².